The van der Waals surface area contributed by atoms with Gasteiger partial charge in [0.25, 0.3) is 0 Å². The van der Waals surface area contributed by atoms with E-state index < -0.39 is 10.0 Å². The molecule has 0 bridgehead atoms. The Bertz CT molecular complexity index is 778. The van der Waals surface area contributed by atoms with Crippen LogP contribution in [0, 0.1) is 0 Å². The van der Waals surface area contributed by atoms with Crippen LogP contribution in [0.15, 0.2) is 41.4 Å². The van der Waals surface area contributed by atoms with Gasteiger partial charge in [0.15, 0.2) is 5.78 Å². The molecule has 1 aromatic heterocycles. The zero-order valence-corrected chi connectivity index (χ0v) is 12.4. The summed E-state index contributed by atoms with van der Waals surface area (Å²) in [6.45, 7) is 2.71. The molecule has 1 aliphatic rings. The molecule has 0 fully saturated rings. The number of rotatable bonds is 3. The smallest absolute Gasteiger partial charge is 0.243 e. The molecule has 0 atom stereocenters. The number of ketones is 1. The van der Waals surface area contributed by atoms with Gasteiger partial charge in [0, 0.05) is 18.3 Å². The van der Waals surface area contributed by atoms with Gasteiger partial charge in [-0.2, -0.15) is 9.40 Å². The highest BCUT2D eigenvalue weighted by Gasteiger charge is 2.28. The highest BCUT2D eigenvalue weighted by Crippen LogP contribution is 2.21. The maximum absolute atomic E-state index is 12.6. The molecule has 1 aromatic carbocycles. The van der Waals surface area contributed by atoms with Gasteiger partial charge in [-0.25, -0.2) is 8.42 Å². The van der Waals surface area contributed by atoms with Crippen LogP contribution in [-0.2, 0) is 23.1 Å². The van der Waals surface area contributed by atoms with Gasteiger partial charge in [-0.05, 0) is 25.1 Å². The maximum atomic E-state index is 12.6. The van der Waals surface area contributed by atoms with E-state index in [2.05, 4.69) is 5.10 Å². The van der Waals surface area contributed by atoms with Crippen LogP contribution in [0.2, 0.25) is 0 Å². The van der Waals surface area contributed by atoms with Gasteiger partial charge in [0.1, 0.15) is 0 Å². The van der Waals surface area contributed by atoms with Crippen LogP contribution in [0.1, 0.15) is 23.0 Å². The Hall–Kier alpha value is -1.99. The number of sulfonamides is 1. The number of hydrogen-bond acceptors (Lipinski definition) is 4. The first-order valence-electron chi connectivity index (χ1n) is 6.60. The van der Waals surface area contributed by atoms with Crippen molar-refractivity contribution in [2.75, 3.05) is 6.54 Å². The minimum Gasteiger partial charge on any atom is -0.295 e. The highest BCUT2D eigenvalue weighted by molar-refractivity contribution is 7.89. The number of nitrogens with zero attached hydrogens (tertiary/aromatic N) is 3. The Morgan fingerprint density at radius 2 is 1.86 bits per heavy atom. The number of hydrogen-bond donors (Lipinski definition) is 0. The fraction of sp³-hybridized carbons (Fsp3) is 0.286. The SMILES string of the molecule is CC(=O)c1ccc(S(=O)(=O)N2CCn3nccc3C2)cc1. The third-order valence-electron chi connectivity index (χ3n) is 3.60. The third-order valence-corrected chi connectivity index (χ3v) is 5.46. The zero-order valence-electron chi connectivity index (χ0n) is 11.6. The number of fused-ring (bicyclic) bond motifs is 1. The van der Waals surface area contributed by atoms with Crippen LogP contribution in [0.3, 0.4) is 0 Å². The molecular formula is C14H15N3O3S. The second-order valence-corrected chi connectivity index (χ2v) is 6.90. The van der Waals surface area contributed by atoms with Gasteiger partial charge in [-0.1, -0.05) is 12.1 Å². The first kappa shape index (κ1) is 14.0. The number of Topliss-reactive ketones (excluding diaryl/α,β-unsaturated/α-hetero) is 1. The molecule has 21 heavy (non-hydrogen) atoms. The van der Waals surface area contributed by atoms with Gasteiger partial charge in [-0.15, -0.1) is 0 Å². The number of benzene rings is 1. The van der Waals surface area contributed by atoms with Gasteiger partial charge < -0.3 is 0 Å². The minimum absolute atomic E-state index is 0.0826. The fourth-order valence-corrected chi connectivity index (χ4v) is 3.78. The molecule has 0 saturated heterocycles. The summed E-state index contributed by atoms with van der Waals surface area (Å²) in [6.07, 6.45) is 1.67. The molecule has 0 spiro atoms. The van der Waals surface area contributed by atoms with Crippen molar-refractivity contribution in [2.24, 2.45) is 0 Å². The monoisotopic (exact) mass is 305 g/mol. The van der Waals surface area contributed by atoms with E-state index in [1.54, 1.807) is 18.3 Å². The van der Waals surface area contributed by atoms with Gasteiger partial charge in [0.2, 0.25) is 10.0 Å². The molecular weight excluding hydrogens is 290 g/mol. The number of carbonyl (C=O) groups excluding carboxylic acids is 1. The van der Waals surface area contributed by atoms with E-state index in [1.165, 1.54) is 23.4 Å². The first-order valence-corrected chi connectivity index (χ1v) is 8.04. The second kappa shape index (κ2) is 5.09. The van der Waals surface area contributed by atoms with E-state index in [0.717, 1.165) is 5.69 Å². The van der Waals surface area contributed by atoms with Crippen molar-refractivity contribution in [1.29, 1.82) is 0 Å². The first-order chi connectivity index (χ1) is 9.98. The quantitative estimate of drug-likeness (QED) is 0.801. The van der Waals surface area contributed by atoms with Crippen molar-refractivity contribution in [3.05, 3.63) is 47.8 Å². The highest BCUT2D eigenvalue weighted by atomic mass is 32.2. The Morgan fingerprint density at radius 3 is 2.52 bits per heavy atom. The van der Waals surface area contributed by atoms with Crippen molar-refractivity contribution in [1.82, 2.24) is 14.1 Å². The van der Waals surface area contributed by atoms with Gasteiger partial charge >= 0.3 is 0 Å². The molecule has 0 radical (unpaired) electrons. The molecule has 2 heterocycles. The minimum atomic E-state index is -3.54. The summed E-state index contributed by atoms with van der Waals surface area (Å²) in [5, 5.41) is 4.13. The van der Waals surface area contributed by atoms with Crippen molar-refractivity contribution in [3.8, 4) is 0 Å². The lowest BCUT2D eigenvalue weighted by Gasteiger charge is -2.27. The standard InChI is InChI=1S/C14H15N3O3S/c1-11(18)12-2-4-14(5-3-12)21(19,20)16-8-9-17-13(10-16)6-7-15-17/h2-7H,8-10H2,1H3. The van der Waals surface area contributed by atoms with E-state index in [1.807, 2.05) is 10.7 Å². The van der Waals surface area contributed by atoms with Crippen molar-refractivity contribution >= 4 is 15.8 Å². The van der Waals surface area contributed by atoms with Crippen LogP contribution < -0.4 is 0 Å². The molecule has 2 aromatic rings. The van der Waals surface area contributed by atoms with Crippen LogP contribution in [0.4, 0.5) is 0 Å². The summed E-state index contributed by atoms with van der Waals surface area (Å²) in [6, 6.07) is 7.88. The van der Waals surface area contributed by atoms with E-state index in [0.29, 0.717) is 25.2 Å². The van der Waals surface area contributed by atoms with Gasteiger partial charge in [0.05, 0.1) is 23.7 Å². The molecule has 0 aliphatic carbocycles. The molecule has 7 heteroatoms. The zero-order chi connectivity index (χ0) is 15.0. The molecule has 0 saturated carbocycles. The largest absolute Gasteiger partial charge is 0.295 e. The van der Waals surface area contributed by atoms with Crippen LogP contribution in [0.25, 0.3) is 0 Å². The summed E-state index contributed by atoms with van der Waals surface area (Å²) in [5.74, 6) is -0.0826. The lowest BCUT2D eigenvalue weighted by atomic mass is 10.2. The second-order valence-electron chi connectivity index (χ2n) is 4.96. The average molecular weight is 305 g/mol. The Labute approximate surface area is 123 Å². The predicted molar refractivity (Wildman–Crippen MR) is 76.3 cm³/mol. The Balaban J connectivity index is 1.89. The molecule has 3 rings (SSSR count). The summed E-state index contributed by atoms with van der Waals surface area (Å²) in [5.41, 5.74) is 1.39. The number of aromatic nitrogens is 2. The van der Waals surface area contributed by atoms with Crippen molar-refractivity contribution in [2.45, 2.75) is 24.9 Å². The number of carbonyl (C=O) groups is 1. The average Bonchev–Trinajstić information content (AvgIpc) is 2.94. The predicted octanol–water partition coefficient (Wildman–Crippen LogP) is 1.29. The third kappa shape index (κ3) is 2.50. The summed E-state index contributed by atoms with van der Waals surface area (Å²) >= 11 is 0. The fourth-order valence-electron chi connectivity index (χ4n) is 2.38. The molecule has 6 nitrogen and oxygen atoms in total. The molecule has 1 aliphatic heterocycles. The van der Waals surface area contributed by atoms with E-state index in [4.69, 9.17) is 0 Å². The normalized spacial score (nSPS) is 15.7. The van der Waals surface area contributed by atoms with E-state index >= 15 is 0 Å². The summed E-state index contributed by atoms with van der Waals surface area (Å²) < 4.78 is 28.5. The van der Waals surface area contributed by atoms with Crippen LogP contribution in [0.5, 0.6) is 0 Å². The molecule has 0 unspecified atom stereocenters. The van der Waals surface area contributed by atoms with Gasteiger partial charge in [-0.3, -0.25) is 9.48 Å². The van der Waals surface area contributed by atoms with E-state index in [-0.39, 0.29) is 10.7 Å². The summed E-state index contributed by atoms with van der Waals surface area (Å²) in [4.78, 5) is 11.5. The van der Waals surface area contributed by atoms with E-state index in [9.17, 15) is 13.2 Å². The van der Waals surface area contributed by atoms with Crippen LogP contribution in [-0.4, -0.2) is 34.8 Å². The maximum Gasteiger partial charge on any atom is 0.243 e. The molecule has 0 N–H and O–H groups in total. The lowest BCUT2D eigenvalue weighted by Crippen LogP contribution is -2.38. The molecule has 0 amide bonds. The lowest BCUT2D eigenvalue weighted by molar-refractivity contribution is 0.101. The van der Waals surface area contributed by atoms with Crippen molar-refractivity contribution < 1.29 is 13.2 Å². The molecule has 110 valence electrons. The van der Waals surface area contributed by atoms with Crippen molar-refractivity contribution in [3.63, 3.8) is 0 Å². The van der Waals surface area contributed by atoms with Crippen LogP contribution >= 0.6 is 0 Å². The topological polar surface area (TPSA) is 72.3 Å². The Morgan fingerprint density at radius 1 is 1.14 bits per heavy atom. The summed E-state index contributed by atoms with van der Waals surface area (Å²) in [7, 11) is -3.54. The Kier molecular flexibility index (Phi) is 3.38.